The molecule has 0 saturated heterocycles. The first-order valence-electron chi connectivity index (χ1n) is 10.7. The van der Waals surface area contributed by atoms with Gasteiger partial charge in [0.1, 0.15) is 6.61 Å². The maximum Gasteiger partial charge on any atom is 0.268 e. The summed E-state index contributed by atoms with van der Waals surface area (Å²) in [5.41, 5.74) is 3.21. The molecule has 0 aliphatic carbocycles. The molecule has 0 spiro atoms. The maximum atomic E-state index is 13.7. The Balaban J connectivity index is 1.53. The average Bonchev–Trinajstić information content (AvgIpc) is 2.86. The molecule has 2 heterocycles. The van der Waals surface area contributed by atoms with Gasteiger partial charge in [-0.2, -0.15) is 0 Å². The zero-order valence-electron chi connectivity index (χ0n) is 18.1. The van der Waals surface area contributed by atoms with E-state index in [1.165, 1.54) is 0 Å². The summed E-state index contributed by atoms with van der Waals surface area (Å²) in [6, 6.07) is 21.2. The van der Waals surface area contributed by atoms with Crippen LogP contribution in [0.5, 0.6) is 23.0 Å². The lowest BCUT2D eigenvalue weighted by atomic mass is 9.87. The monoisotopic (exact) mass is 431 g/mol. The molecule has 0 unspecified atom stereocenters. The SMILES string of the molecule is COc1cc2c(cc1OC)[C@@H](c1ccccc1)N(C(=O)[C@H]1COc3ccccc3O1)CC2. The summed E-state index contributed by atoms with van der Waals surface area (Å²) in [4.78, 5) is 15.6. The molecule has 6 heteroatoms. The Bertz CT molecular complexity index is 1130. The number of para-hydroxylation sites is 2. The van der Waals surface area contributed by atoms with Crippen molar-refractivity contribution in [2.75, 3.05) is 27.4 Å². The first kappa shape index (κ1) is 20.2. The number of methoxy groups -OCH3 is 2. The molecule has 3 aromatic rings. The fraction of sp³-hybridized carbons (Fsp3) is 0.269. The molecule has 164 valence electrons. The third-order valence-electron chi connectivity index (χ3n) is 6.06. The third-order valence-corrected chi connectivity index (χ3v) is 6.06. The van der Waals surface area contributed by atoms with Gasteiger partial charge in [-0.25, -0.2) is 0 Å². The average molecular weight is 431 g/mol. The Kier molecular flexibility index (Phi) is 5.35. The van der Waals surface area contributed by atoms with Crippen molar-refractivity contribution in [1.29, 1.82) is 0 Å². The molecule has 2 atom stereocenters. The molecule has 3 aromatic carbocycles. The lowest BCUT2D eigenvalue weighted by Gasteiger charge is -2.40. The summed E-state index contributed by atoms with van der Waals surface area (Å²) in [6.45, 7) is 0.759. The van der Waals surface area contributed by atoms with Crippen LogP contribution in [-0.4, -0.2) is 44.3 Å². The molecule has 0 fully saturated rings. The first-order chi connectivity index (χ1) is 15.7. The van der Waals surface area contributed by atoms with Gasteiger partial charge in [-0.1, -0.05) is 42.5 Å². The van der Waals surface area contributed by atoms with Gasteiger partial charge in [0, 0.05) is 6.54 Å². The number of ether oxygens (including phenoxy) is 4. The molecular formula is C26H25NO5. The third kappa shape index (κ3) is 3.51. The lowest BCUT2D eigenvalue weighted by Crippen LogP contribution is -2.50. The fourth-order valence-corrected chi connectivity index (χ4v) is 4.50. The molecular weight excluding hydrogens is 406 g/mol. The summed E-state index contributed by atoms with van der Waals surface area (Å²) < 4.78 is 22.9. The van der Waals surface area contributed by atoms with Crippen molar-refractivity contribution in [3.8, 4) is 23.0 Å². The predicted octanol–water partition coefficient (Wildman–Crippen LogP) is 4.02. The van der Waals surface area contributed by atoms with E-state index < -0.39 is 6.10 Å². The van der Waals surface area contributed by atoms with E-state index in [1.54, 1.807) is 14.2 Å². The van der Waals surface area contributed by atoms with Crippen molar-refractivity contribution in [2.24, 2.45) is 0 Å². The molecule has 32 heavy (non-hydrogen) atoms. The highest BCUT2D eigenvalue weighted by Gasteiger charge is 2.38. The minimum atomic E-state index is -0.696. The standard InChI is InChI=1S/C26H25NO5/c1-29-22-14-18-12-13-27(26(28)24-16-31-20-10-6-7-11-21(20)32-24)25(17-8-4-3-5-9-17)19(18)15-23(22)30-2/h3-11,14-15,24-25H,12-13,16H2,1-2H3/t24-,25-/m1/s1. The number of hydrogen-bond acceptors (Lipinski definition) is 5. The summed E-state index contributed by atoms with van der Waals surface area (Å²) in [7, 11) is 3.26. The van der Waals surface area contributed by atoms with Crippen molar-refractivity contribution in [2.45, 2.75) is 18.6 Å². The number of carbonyl (C=O) groups excluding carboxylic acids is 1. The van der Waals surface area contributed by atoms with Crippen molar-refractivity contribution in [3.63, 3.8) is 0 Å². The second-order valence-corrected chi connectivity index (χ2v) is 7.87. The zero-order valence-corrected chi connectivity index (χ0v) is 18.1. The fourth-order valence-electron chi connectivity index (χ4n) is 4.50. The summed E-state index contributed by atoms with van der Waals surface area (Å²) in [5, 5.41) is 0. The van der Waals surface area contributed by atoms with Gasteiger partial charge < -0.3 is 23.8 Å². The molecule has 0 bridgehead atoms. The van der Waals surface area contributed by atoms with Crippen LogP contribution in [0.1, 0.15) is 22.7 Å². The van der Waals surface area contributed by atoms with E-state index in [0.29, 0.717) is 29.5 Å². The number of nitrogens with zero attached hydrogens (tertiary/aromatic N) is 1. The van der Waals surface area contributed by atoms with E-state index >= 15 is 0 Å². The van der Waals surface area contributed by atoms with Crippen LogP contribution in [0.4, 0.5) is 0 Å². The van der Waals surface area contributed by atoms with E-state index in [4.69, 9.17) is 18.9 Å². The largest absolute Gasteiger partial charge is 0.493 e. The van der Waals surface area contributed by atoms with E-state index in [1.807, 2.05) is 71.6 Å². The Morgan fingerprint density at radius 1 is 0.938 bits per heavy atom. The van der Waals surface area contributed by atoms with E-state index in [-0.39, 0.29) is 18.6 Å². The highest BCUT2D eigenvalue weighted by molar-refractivity contribution is 5.83. The van der Waals surface area contributed by atoms with Gasteiger partial charge in [0.25, 0.3) is 5.91 Å². The number of rotatable bonds is 4. The van der Waals surface area contributed by atoms with Gasteiger partial charge in [0.2, 0.25) is 6.10 Å². The zero-order chi connectivity index (χ0) is 22.1. The topological polar surface area (TPSA) is 57.2 Å². The minimum Gasteiger partial charge on any atom is -0.493 e. The number of amides is 1. The maximum absolute atomic E-state index is 13.7. The Labute approximate surface area is 187 Å². The molecule has 0 N–H and O–H groups in total. The molecule has 1 amide bonds. The first-order valence-corrected chi connectivity index (χ1v) is 10.7. The second-order valence-electron chi connectivity index (χ2n) is 7.87. The summed E-state index contributed by atoms with van der Waals surface area (Å²) in [5.74, 6) is 2.51. The van der Waals surface area contributed by atoms with Crippen LogP contribution in [0.3, 0.4) is 0 Å². The van der Waals surface area contributed by atoms with Crippen LogP contribution in [0.25, 0.3) is 0 Å². The number of hydrogen-bond donors (Lipinski definition) is 0. The molecule has 6 nitrogen and oxygen atoms in total. The van der Waals surface area contributed by atoms with E-state index in [0.717, 1.165) is 23.1 Å². The highest BCUT2D eigenvalue weighted by Crippen LogP contribution is 2.42. The summed E-state index contributed by atoms with van der Waals surface area (Å²) >= 11 is 0. The van der Waals surface area contributed by atoms with E-state index in [2.05, 4.69) is 0 Å². The van der Waals surface area contributed by atoms with Gasteiger partial charge in [0.15, 0.2) is 23.0 Å². The summed E-state index contributed by atoms with van der Waals surface area (Å²) in [6.07, 6.45) is 0.0207. The van der Waals surface area contributed by atoms with Gasteiger partial charge >= 0.3 is 0 Å². The van der Waals surface area contributed by atoms with E-state index in [9.17, 15) is 4.79 Å². The molecule has 2 aliphatic rings. The smallest absolute Gasteiger partial charge is 0.268 e. The molecule has 0 aromatic heterocycles. The Morgan fingerprint density at radius 3 is 2.38 bits per heavy atom. The normalized spacial score (nSPS) is 19.1. The van der Waals surface area contributed by atoms with Gasteiger partial charge in [-0.3, -0.25) is 4.79 Å². The van der Waals surface area contributed by atoms with Crippen molar-refractivity contribution in [1.82, 2.24) is 4.90 Å². The van der Waals surface area contributed by atoms with Crippen LogP contribution in [0.2, 0.25) is 0 Å². The lowest BCUT2D eigenvalue weighted by molar-refractivity contribution is -0.143. The molecule has 5 rings (SSSR count). The van der Waals surface area contributed by atoms with Crippen LogP contribution < -0.4 is 18.9 Å². The second kappa shape index (κ2) is 8.46. The van der Waals surface area contributed by atoms with Crippen molar-refractivity contribution < 1.29 is 23.7 Å². The van der Waals surface area contributed by atoms with Crippen LogP contribution in [0, 0.1) is 0 Å². The van der Waals surface area contributed by atoms with Crippen molar-refractivity contribution >= 4 is 5.91 Å². The minimum absolute atomic E-state index is 0.0891. The van der Waals surface area contributed by atoms with Gasteiger partial charge in [-0.15, -0.1) is 0 Å². The van der Waals surface area contributed by atoms with Crippen molar-refractivity contribution in [3.05, 3.63) is 83.4 Å². The quantitative estimate of drug-likeness (QED) is 0.625. The van der Waals surface area contributed by atoms with Crippen LogP contribution in [-0.2, 0) is 11.2 Å². The Hall–Kier alpha value is -3.67. The number of carbonyl (C=O) groups is 1. The number of benzene rings is 3. The molecule has 0 radical (unpaired) electrons. The van der Waals surface area contributed by atoms with Crippen LogP contribution in [0.15, 0.2) is 66.7 Å². The van der Waals surface area contributed by atoms with Gasteiger partial charge in [0.05, 0.1) is 20.3 Å². The molecule has 2 aliphatic heterocycles. The number of fused-ring (bicyclic) bond motifs is 2. The molecule has 0 saturated carbocycles. The highest BCUT2D eigenvalue weighted by atomic mass is 16.6. The van der Waals surface area contributed by atoms with Gasteiger partial charge in [-0.05, 0) is 47.4 Å². The van der Waals surface area contributed by atoms with Crippen LogP contribution >= 0.6 is 0 Å². The Morgan fingerprint density at radius 2 is 1.62 bits per heavy atom. The predicted molar refractivity (Wildman–Crippen MR) is 120 cm³/mol.